The third-order valence-electron chi connectivity index (χ3n) is 7.83. The van der Waals surface area contributed by atoms with Crippen molar-refractivity contribution in [2.24, 2.45) is 17.8 Å². The molecule has 15 heteroatoms. The number of pyridine rings is 1. The van der Waals surface area contributed by atoms with Crippen molar-refractivity contribution in [1.82, 2.24) is 14.5 Å². The lowest BCUT2D eigenvalue weighted by Gasteiger charge is -2.21. The molecule has 0 saturated carbocycles. The SMILES string of the molecule is CCOC(=O)CCN(C(=O)c1ccc2c(c1)nc(CNc1ccc(/C(N)=N/C(=O)OCc3ccc(NC(=O)OC)cc3)cc1)n2C)c1ccccn1. The smallest absolute Gasteiger partial charge is 0.435 e. The van der Waals surface area contributed by atoms with Crippen LogP contribution in [0.5, 0.6) is 0 Å². The van der Waals surface area contributed by atoms with Gasteiger partial charge in [0.2, 0.25) is 0 Å². The van der Waals surface area contributed by atoms with Crippen molar-refractivity contribution in [1.29, 1.82) is 0 Å². The van der Waals surface area contributed by atoms with Crippen molar-refractivity contribution < 1.29 is 33.4 Å². The first kappa shape index (κ1) is 36.5. The molecule has 0 radical (unpaired) electrons. The minimum absolute atomic E-state index is 0.00242. The van der Waals surface area contributed by atoms with Crippen molar-refractivity contribution in [2.45, 2.75) is 26.5 Å². The van der Waals surface area contributed by atoms with Gasteiger partial charge in [0, 0.05) is 42.3 Å². The monoisotopic (exact) mass is 706 g/mol. The fourth-order valence-electron chi connectivity index (χ4n) is 5.10. The first-order chi connectivity index (χ1) is 25.1. The van der Waals surface area contributed by atoms with E-state index < -0.39 is 18.2 Å². The minimum atomic E-state index is -0.843. The van der Waals surface area contributed by atoms with E-state index in [-0.39, 0.29) is 37.9 Å². The molecule has 0 aliphatic heterocycles. The molecule has 0 fully saturated rings. The first-order valence-electron chi connectivity index (χ1n) is 16.3. The van der Waals surface area contributed by atoms with E-state index >= 15 is 0 Å². The van der Waals surface area contributed by atoms with Crippen LogP contribution in [0.4, 0.5) is 26.8 Å². The quantitative estimate of drug-likeness (QED) is 0.0615. The topological polar surface area (TPSA) is 192 Å². The summed E-state index contributed by atoms with van der Waals surface area (Å²) in [6, 6.07) is 24.3. The van der Waals surface area contributed by atoms with E-state index in [1.54, 1.807) is 92.0 Å². The molecule has 4 N–H and O–H groups in total. The summed E-state index contributed by atoms with van der Waals surface area (Å²) in [5, 5.41) is 5.86. The first-order valence-corrected chi connectivity index (χ1v) is 16.3. The number of aliphatic imine (C=N–C) groups is 1. The number of esters is 1. The van der Waals surface area contributed by atoms with E-state index in [1.165, 1.54) is 12.0 Å². The number of nitrogens with one attached hydrogen (secondary N) is 2. The van der Waals surface area contributed by atoms with Gasteiger partial charge in [0.1, 0.15) is 24.1 Å². The predicted molar refractivity (Wildman–Crippen MR) is 195 cm³/mol. The summed E-state index contributed by atoms with van der Waals surface area (Å²) in [5.41, 5.74) is 10.5. The molecule has 5 aromatic rings. The molecule has 3 amide bonds. The van der Waals surface area contributed by atoms with Gasteiger partial charge in [-0.1, -0.05) is 18.2 Å². The molecule has 0 spiro atoms. The summed E-state index contributed by atoms with van der Waals surface area (Å²) >= 11 is 0. The van der Waals surface area contributed by atoms with Crippen LogP contribution in [0.2, 0.25) is 0 Å². The number of aryl methyl sites for hydroxylation is 1. The fourth-order valence-corrected chi connectivity index (χ4v) is 5.10. The van der Waals surface area contributed by atoms with Gasteiger partial charge in [-0.15, -0.1) is 0 Å². The van der Waals surface area contributed by atoms with Crippen molar-refractivity contribution in [3.05, 3.63) is 114 Å². The number of amidine groups is 1. The second kappa shape index (κ2) is 17.2. The number of benzene rings is 3. The normalized spacial score (nSPS) is 11.1. The van der Waals surface area contributed by atoms with Gasteiger partial charge in [-0.2, -0.15) is 4.99 Å². The molecule has 0 unspecified atom stereocenters. The largest absolute Gasteiger partial charge is 0.466 e. The number of anilines is 3. The van der Waals surface area contributed by atoms with Crippen LogP contribution in [0.3, 0.4) is 0 Å². The number of ether oxygens (including phenoxy) is 3. The van der Waals surface area contributed by atoms with Gasteiger partial charge in [0.05, 0.1) is 37.7 Å². The molecule has 3 aromatic carbocycles. The highest BCUT2D eigenvalue weighted by atomic mass is 16.5. The van der Waals surface area contributed by atoms with Crippen molar-refractivity contribution in [2.75, 3.05) is 35.8 Å². The van der Waals surface area contributed by atoms with Gasteiger partial charge in [0.15, 0.2) is 0 Å². The van der Waals surface area contributed by atoms with E-state index in [0.29, 0.717) is 40.3 Å². The lowest BCUT2D eigenvalue weighted by Crippen LogP contribution is -2.34. The zero-order chi connectivity index (χ0) is 37.0. The number of aromatic nitrogens is 3. The van der Waals surface area contributed by atoms with E-state index in [0.717, 1.165) is 17.0 Å². The van der Waals surface area contributed by atoms with Crippen LogP contribution < -0.4 is 21.3 Å². The Labute approximate surface area is 299 Å². The second-order valence-corrected chi connectivity index (χ2v) is 11.3. The van der Waals surface area contributed by atoms with Crippen molar-refractivity contribution in [3.63, 3.8) is 0 Å². The Bertz CT molecular complexity index is 2060. The molecule has 0 bridgehead atoms. The molecule has 5 rings (SSSR count). The standard InChI is InChI=1S/C37H38N8O7/c1-4-51-33(46)18-20-45(31-7-5-6-19-39-31)35(47)26-12-17-30-29(21-26)42-32(44(30)2)22-40-27-15-10-25(11-16-27)34(38)43-37(49)52-23-24-8-13-28(14-9-24)41-36(48)50-3/h5-17,19,21,40H,4,18,20,22-23H2,1-3H3,(H,41,48)(H2,38,43,49). The van der Waals surface area contributed by atoms with Crippen LogP contribution >= 0.6 is 0 Å². The van der Waals surface area contributed by atoms with Crippen LogP contribution in [0.15, 0.2) is 96.1 Å². The summed E-state index contributed by atoms with van der Waals surface area (Å²) in [7, 11) is 3.16. The van der Waals surface area contributed by atoms with Gasteiger partial charge >= 0.3 is 18.2 Å². The average molecular weight is 707 g/mol. The summed E-state index contributed by atoms with van der Waals surface area (Å²) in [5.74, 6) is 0.445. The highest BCUT2D eigenvalue weighted by Crippen LogP contribution is 2.22. The number of carbonyl (C=O) groups is 4. The summed E-state index contributed by atoms with van der Waals surface area (Å²) < 4.78 is 16.8. The molecule has 0 aliphatic carbocycles. The highest BCUT2D eigenvalue weighted by molar-refractivity contribution is 6.07. The van der Waals surface area contributed by atoms with Crippen LogP contribution in [-0.2, 0) is 39.2 Å². The molecule has 2 heterocycles. The van der Waals surface area contributed by atoms with Gasteiger partial charge in [-0.25, -0.2) is 19.6 Å². The Morgan fingerprint density at radius 3 is 2.35 bits per heavy atom. The zero-order valence-corrected chi connectivity index (χ0v) is 28.9. The number of hydrogen-bond donors (Lipinski definition) is 3. The minimum Gasteiger partial charge on any atom is -0.466 e. The molecule has 52 heavy (non-hydrogen) atoms. The Morgan fingerprint density at radius 1 is 0.923 bits per heavy atom. The van der Waals surface area contributed by atoms with E-state index in [4.69, 9.17) is 20.2 Å². The van der Waals surface area contributed by atoms with Crippen LogP contribution in [0.1, 0.15) is 40.7 Å². The predicted octanol–water partition coefficient (Wildman–Crippen LogP) is 5.40. The van der Waals surface area contributed by atoms with E-state index in [9.17, 15) is 19.2 Å². The number of carbonyl (C=O) groups excluding carboxylic acids is 4. The van der Waals surface area contributed by atoms with E-state index in [2.05, 4.69) is 25.3 Å². The summed E-state index contributed by atoms with van der Waals surface area (Å²) in [6.07, 6.45) is 0.189. The Balaban J connectivity index is 1.18. The van der Waals surface area contributed by atoms with Crippen molar-refractivity contribution >= 4 is 58.1 Å². The molecule has 2 aromatic heterocycles. The van der Waals surface area contributed by atoms with Crippen molar-refractivity contribution in [3.8, 4) is 0 Å². The number of methoxy groups -OCH3 is 1. The van der Waals surface area contributed by atoms with Crippen LogP contribution in [-0.4, -0.2) is 64.7 Å². The summed E-state index contributed by atoms with van der Waals surface area (Å²) in [4.78, 5) is 63.7. The highest BCUT2D eigenvalue weighted by Gasteiger charge is 2.21. The summed E-state index contributed by atoms with van der Waals surface area (Å²) in [6.45, 7) is 2.45. The third kappa shape index (κ3) is 9.47. The van der Waals surface area contributed by atoms with Crippen LogP contribution in [0.25, 0.3) is 11.0 Å². The Hall–Kier alpha value is -6.77. The van der Waals surface area contributed by atoms with E-state index in [1.807, 2.05) is 17.7 Å². The zero-order valence-electron chi connectivity index (χ0n) is 28.9. The molecule has 15 nitrogen and oxygen atoms in total. The number of nitrogens with two attached hydrogens (primary N) is 1. The number of hydrogen-bond acceptors (Lipinski definition) is 10. The third-order valence-corrected chi connectivity index (χ3v) is 7.83. The molecule has 0 saturated heterocycles. The maximum Gasteiger partial charge on any atom is 0.435 e. The molecular weight excluding hydrogens is 668 g/mol. The number of rotatable bonds is 13. The van der Waals surface area contributed by atoms with Gasteiger partial charge in [0.25, 0.3) is 5.91 Å². The Morgan fingerprint density at radius 2 is 1.65 bits per heavy atom. The fraction of sp³-hybridized carbons (Fsp3) is 0.216. The lowest BCUT2D eigenvalue weighted by atomic mass is 10.1. The molecular formula is C37H38N8O7. The Kier molecular flexibility index (Phi) is 12.1. The molecule has 268 valence electrons. The maximum absolute atomic E-state index is 13.7. The van der Waals surface area contributed by atoms with Crippen LogP contribution in [0, 0.1) is 0 Å². The molecule has 0 atom stereocenters. The maximum atomic E-state index is 13.7. The number of amides is 3. The van der Waals surface area contributed by atoms with Gasteiger partial charge in [-0.05, 0) is 79.2 Å². The second-order valence-electron chi connectivity index (χ2n) is 11.3. The average Bonchev–Trinajstić information content (AvgIpc) is 3.48. The van der Waals surface area contributed by atoms with Gasteiger partial charge in [-0.3, -0.25) is 19.8 Å². The molecule has 0 aliphatic rings. The number of nitrogens with zero attached hydrogens (tertiary/aromatic N) is 5. The number of imidazole rings is 1. The number of fused-ring (bicyclic) bond motifs is 1. The lowest BCUT2D eigenvalue weighted by molar-refractivity contribution is -0.142. The van der Waals surface area contributed by atoms with Gasteiger partial charge < -0.3 is 29.8 Å².